The van der Waals surface area contributed by atoms with Gasteiger partial charge in [-0.1, -0.05) is 42.8 Å². The van der Waals surface area contributed by atoms with Crippen LogP contribution in [-0.4, -0.2) is 26.6 Å². The standard InChI is InChI=1S/C23H29ClN2O3S/c1-5-22(26(30(4,28)29)20-12-9-15(2)21(24)14-20)23(27)25-16(3)18-11-10-17-7-6-8-19(17)13-18/h9-14,16,22H,5-8H2,1-4H3,(H,25,27)/t16-,22+/m0/s1. The predicted molar refractivity (Wildman–Crippen MR) is 123 cm³/mol. The minimum absolute atomic E-state index is 0.222. The Morgan fingerprint density at radius 1 is 1.17 bits per heavy atom. The van der Waals surface area contributed by atoms with Crippen LogP contribution in [0, 0.1) is 6.92 Å². The van der Waals surface area contributed by atoms with Crippen LogP contribution in [0.15, 0.2) is 36.4 Å². The fourth-order valence-corrected chi connectivity index (χ4v) is 5.41. The van der Waals surface area contributed by atoms with Gasteiger partial charge >= 0.3 is 0 Å². The van der Waals surface area contributed by atoms with E-state index in [1.165, 1.54) is 21.9 Å². The third-order valence-corrected chi connectivity index (χ3v) is 7.31. The Hall–Kier alpha value is -2.05. The number of hydrogen-bond acceptors (Lipinski definition) is 3. The lowest BCUT2D eigenvalue weighted by Crippen LogP contribution is -2.49. The molecule has 0 saturated carbocycles. The summed E-state index contributed by atoms with van der Waals surface area (Å²) in [7, 11) is -3.70. The maximum Gasteiger partial charge on any atom is 0.244 e. The van der Waals surface area contributed by atoms with Crippen molar-refractivity contribution in [1.82, 2.24) is 5.32 Å². The van der Waals surface area contributed by atoms with Gasteiger partial charge in [-0.3, -0.25) is 9.10 Å². The molecule has 0 saturated heterocycles. The van der Waals surface area contributed by atoms with E-state index < -0.39 is 16.1 Å². The largest absolute Gasteiger partial charge is 0.348 e. The summed E-state index contributed by atoms with van der Waals surface area (Å²) >= 11 is 6.22. The number of benzene rings is 2. The highest BCUT2D eigenvalue weighted by Gasteiger charge is 2.32. The highest BCUT2D eigenvalue weighted by Crippen LogP contribution is 2.29. The number of fused-ring (bicyclic) bond motifs is 1. The molecule has 30 heavy (non-hydrogen) atoms. The van der Waals surface area contributed by atoms with Crippen LogP contribution in [0.5, 0.6) is 0 Å². The molecule has 0 fully saturated rings. The van der Waals surface area contributed by atoms with E-state index in [2.05, 4.69) is 17.4 Å². The van der Waals surface area contributed by atoms with Gasteiger partial charge < -0.3 is 5.32 Å². The lowest BCUT2D eigenvalue weighted by atomic mass is 10.0. The van der Waals surface area contributed by atoms with Crippen molar-refractivity contribution in [2.75, 3.05) is 10.6 Å². The quantitative estimate of drug-likeness (QED) is 0.675. The number of nitrogens with zero attached hydrogens (tertiary/aromatic N) is 1. The first-order valence-corrected chi connectivity index (χ1v) is 12.5. The van der Waals surface area contributed by atoms with Gasteiger partial charge in [-0.2, -0.15) is 0 Å². The molecule has 1 N–H and O–H groups in total. The Kier molecular flexibility index (Phi) is 6.78. The summed E-state index contributed by atoms with van der Waals surface area (Å²) in [5, 5.41) is 3.47. The van der Waals surface area contributed by atoms with Gasteiger partial charge in [0.15, 0.2) is 0 Å². The van der Waals surface area contributed by atoms with E-state index in [9.17, 15) is 13.2 Å². The third kappa shape index (κ3) is 4.81. The van der Waals surface area contributed by atoms with Gasteiger partial charge in [0.1, 0.15) is 6.04 Å². The fourth-order valence-electron chi connectivity index (χ4n) is 4.03. The SMILES string of the molecule is CC[C@H](C(=O)N[C@@H](C)c1ccc2c(c1)CCC2)N(c1ccc(C)c(Cl)c1)S(C)(=O)=O. The van der Waals surface area contributed by atoms with Crippen molar-refractivity contribution in [3.63, 3.8) is 0 Å². The summed E-state index contributed by atoms with van der Waals surface area (Å²) in [4.78, 5) is 13.2. The van der Waals surface area contributed by atoms with Crippen molar-refractivity contribution in [3.8, 4) is 0 Å². The normalized spacial score (nSPS) is 15.4. The van der Waals surface area contributed by atoms with E-state index in [1.54, 1.807) is 25.1 Å². The van der Waals surface area contributed by atoms with Crippen LogP contribution in [-0.2, 0) is 27.7 Å². The topological polar surface area (TPSA) is 66.5 Å². The number of carbonyl (C=O) groups is 1. The van der Waals surface area contributed by atoms with E-state index in [0.717, 1.165) is 30.2 Å². The van der Waals surface area contributed by atoms with Crippen molar-refractivity contribution >= 4 is 33.2 Å². The molecule has 0 unspecified atom stereocenters. The summed E-state index contributed by atoms with van der Waals surface area (Å²) in [6.07, 6.45) is 4.79. The van der Waals surface area contributed by atoms with Crippen molar-refractivity contribution < 1.29 is 13.2 Å². The zero-order chi connectivity index (χ0) is 22.1. The zero-order valence-corrected chi connectivity index (χ0v) is 19.5. The van der Waals surface area contributed by atoms with Gasteiger partial charge in [0.05, 0.1) is 18.0 Å². The molecular weight excluding hydrogens is 420 g/mol. The molecule has 7 heteroatoms. The van der Waals surface area contributed by atoms with Gasteiger partial charge in [-0.15, -0.1) is 0 Å². The summed E-state index contributed by atoms with van der Waals surface area (Å²) in [5.74, 6) is -0.326. The van der Waals surface area contributed by atoms with Crippen molar-refractivity contribution in [2.24, 2.45) is 0 Å². The molecule has 2 aromatic carbocycles. The Labute approximate surface area is 184 Å². The number of hydrogen-bond donors (Lipinski definition) is 1. The van der Waals surface area contributed by atoms with E-state index in [1.807, 2.05) is 19.9 Å². The average Bonchev–Trinajstić information content (AvgIpc) is 3.15. The first-order chi connectivity index (χ1) is 14.1. The minimum atomic E-state index is -3.70. The van der Waals surface area contributed by atoms with E-state index in [0.29, 0.717) is 17.1 Å². The summed E-state index contributed by atoms with van der Waals surface area (Å²) in [5.41, 5.74) is 4.98. The van der Waals surface area contributed by atoms with Gasteiger partial charge in [0, 0.05) is 5.02 Å². The van der Waals surface area contributed by atoms with Crippen molar-refractivity contribution in [2.45, 2.75) is 58.5 Å². The summed E-state index contributed by atoms with van der Waals surface area (Å²) < 4.78 is 26.4. The first-order valence-electron chi connectivity index (χ1n) is 10.3. The maximum atomic E-state index is 13.2. The van der Waals surface area contributed by atoms with Crippen LogP contribution in [0.2, 0.25) is 5.02 Å². The van der Waals surface area contributed by atoms with E-state index >= 15 is 0 Å². The highest BCUT2D eigenvalue weighted by molar-refractivity contribution is 7.92. The zero-order valence-electron chi connectivity index (χ0n) is 17.9. The van der Waals surface area contributed by atoms with Gasteiger partial charge in [-0.25, -0.2) is 8.42 Å². The Balaban J connectivity index is 1.86. The van der Waals surface area contributed by atoms with Gasteiger partial charge in [0.25, 0.3) is 0 Å². The number of sulfonamides is 1. The number of aryl methyl sites for hydroxylation is 3. The molecule has 0 heterocycles. The smallest absolute Gasteiger partial charge is 0.244 e. The van der Waals surface area contributed by atoms with Gasteiger partial charge in [-0.05, 0) is 73.9 Å². The molecule has 0 aromatic heterocycles. The van der Waals surface area contributed by atoms with E-state index in [-0.39, 0.29) is 11.9 Å². The molecule has 0 spiro atoms. The molecule has 3 rings (SSSR count). The molecule has 0 aliphatic heterocycles. The number of anilines is 1. The van der Waals surface area contributed by atoms with Crippen molar-refractivity contribution in [3.05, 3.63) is 63.7 Å². The number of amides is 1. The molecule has 1 aliphatic rings. The Morgan fingerprint density at radius 2 is 1.87 bits per heavy atom. The summed E-state index contributed by atoms with van der Waals surface area (Å²) in [6, 6.07) is 10.3. The number of nitrogens with one attached hydrogen (secondary N) is 1. The third-order valence-electron chi connectivity index (χ3n) is 5.72. The van der Waals surface area contributed by atoms with Crippen LogP contribution >= 0.6 is 11.6 Å². The lowest BCUT2D eigenvalue weighted by molar-refractivity contribution is -0.122. The molecule has 2 aromatic rings. The number of halogens is 1. The molecule has 2 atom stereocenters. The number of carbonyl (C=O) groups excluding carboxylic acids is 1. The summed E-state index contributed by atoms with van der Waals surface area (Å²) in [6.45, 7) is 5.58. The Bertz CT molecular complexity index is 1050. The molecule has 0 radical (unpaired) electrons. The van der Waals surface area contributed by atoms with Crippen LogP contribution in [0.3, 0.4) is 0 Å². The second-order valence-corrected chi connectivity index (χ2v) is 10.3. The molecule has 0 bridgehead atoms. The predicted octanol–water partition coefficient (Wildman–Crippen LogP) is 4.56. The highest BCUT2D eigenvalue weighted by atomic mass is 35.5. The van der Waals surface area contributed by atoms with Crippen molar-refractivity contribution in [1.29, 1.82) is 0 Å². The van der Waals surface area contributed by atoms with Crippen LogP contribution in [0.1, 0.15) is 55.0 Å². The minimum Gasteiger partial charge on any atom is -0.348 e. The molecule has 5 nitrogen and oxygen atoms in total. The number of rotatable bonds is 7. The maximum absolute atomic E-state index is 13.2. The van der Waals surface area contributed by atoms with E-state index in [4.69, 9.17) is 11.6 Å². The Morgan fingerprint density at radius 3 is 2.50 bits per heavy atom. The van der Waals surface area contributed by atoms with Crippen LogP contribution in [0.25, 0.3) is 0 Å². The fraction of sp³-hybridized carbons (Fsp3) is 0.435. The average molecular weight is 449 g/mol. The molecule has 162 valence electrons. The first kappa shape index (κ1) is 22.6. The van der Waals surface area contributed by atoms with Crippen LogP contribution < -0.4 is 9.62 Å². The monoisotopic (exact) mass is 448 g/mol. The molecule has 1 aliphatic carbocycles. The molecule has 1 amide bonds. The molecular formula is C23H29ClN2O3S. The second-order valence-electron chi connectivity index (χ2n) is 8.03. The van der Waals surface area contributed by atoms with Crippen LogP contribution in [0.4, 0.5) is 5.69 Å². The second kappa shape index (κ2) is 8.98. The van der Waals surface area contributed by atoms with Gasteiger partial charge in [0.2, 0.25) is 15.9 Å². The lowest BCUT2D eigenvalue weighted by Gasteiger charge is -2.31.